The largest absolute Gasteiger partial charge is 0.398 e. The van der Waals surface area contributed by atoms with Gasteiger partial charge in [-0.25, -0.2) is 0 Å². The molecule has 5 heteroatoms. The molecule has 2 N–H and O–H groups in total. The summed E-state index contributed by atoms with van der Waals surface area (Å²) in [7, 11) is 0. The molecule has 1 saturated carbocycles. The Kier molecular flexibility index (Phi) is 3.31. The number of nitrogens with two attached hydrogens (primary N) is 1. The normalized spacial score (nSPS) is 22.8. The molecular formula is C14H16BrN3O. The van der Waals surface area contributed by atoms with Gasteiger partial charge in [0.2, 0.25) is 0 Å². The minimum atomic E-state index is 0.449. The summed E-state index contributed by atoms with van der Waals surface area (Å²) in [5.41, 5.74) is 7.37. The lowest BCUT2D eigenvalue weighted by molar-refractivity contribution is 0.414. The van der Waals surface area contributed by atoms with Crippen molar-refractivity contribution in [3.63, 3.8) is 0 Å². The number of hydrogen-bond donors (Lipinski definition) is 1. The lowest BCUT2D eigenvalue weighted by Crippen LogP contribution is -1.96. The Bertz CT molecular complexity index is 596. The van der Waals surface area contributed by atoms with Gasteiger partial charge in [-0.2, -0.15) is 4.98 Å². The smallest absolute Gasteiger partial charge is 0.257 e. The van der Waals surface area contributed by atoms with Crippen molar-refractivity contribution in [3.8, 4) is 11.5 Å². The Morgan fingerprint density at radius 2 is 2.21 bits per heavy atom. The monoisotopic (exact) mass is 321 g/mol. The molecule has 0 aliphatic heterocycles. The van der Waals surface area contributed by atoms with Crippen molar-refractivity contribution in [1.29, 1.82) is 0 Å². The summed E-state index contributed by atoms with van der Waals surface area (Å²) in [6.07, 6.45) is 3.57. The van der Waals surface area contributed by atoms with Crippen LogP contribution in [-0.2, 0) is 0 Å². The van der Waals surface area contributed by atoms with Gasteiger partial charge in [0.15, 0.2) is 5.82 Å². The highest BCUT2D eigenvalue weighted by Gasteiger charge is 2.27. The fourth-order valence-electron chi connectivity index (χ4n) is 2.62. The summed E-state index contributed by atoms with van der Waals surface area (Å²) in [6.45, 7) is 2.28. The molecule has 1 fully saturated rings. The van der Waals surface area contributed by atoms with Gasteiger partial charge in [0, 0.05) is 21.6 Å². The number of rotatable bonds is 2. The van der Waals surface area contributed by atoms with Gasteiger partial charge in [0.1, 0.15) is 0 Å². The highest BCUT2D eigenvalue weighted by Crippen LogP contribution is 2.37. The molecule has 2 atom stereocenters. The summed E-state index contributed by atoms with van der Waals surface area (Å²) < 4.78 is 6.22. The first-order valence-electron chi connectivity index (χ1n) is 6.52. The third kappa shape index (κ3) is 2.52. The van der Waals surface area contributed by atoms with Gasteiger partial charge >= 0.3 is 0 Å². The molecule has 1 heterocycles. The van der Waals surface area contributed by atoms with Gasteiger partial charge in [0.05, 0.1) is 0 Å². The van der Waals surface area contributed by atoms with Gasteiger partial charge in [-0.3, -0.25) is 0 Å². The lowest BCUT2D eigenvalue weighted by Gasteiger charge is -2.02. The summed E-state index contributed by atoms with van der Waals surface area (Å²) in [4.78, 5) is 4.53. The molecule has 0 bridgehead atoms. The molecule has 1 aromatic carbocycles. The van der Waals surface area contributed by atoms with Gasteiger partial charge in [-0.1, -0.05) is 12.1 Å². The number of halogens is 1. The van der Waals surface area contributed by atoms with Gasteiger partial charge < -0.3 is 10.3 Å². The van der Waals surface area contributed by atoms with E-state index < -0.39 is 0 Å². The molecule has 0 amide bonds. The molecule has 2 unspecified atom stereocenters. The fourth-order valence-corrected chi connectivity index (χ4v) is 3.00. The Balaban J connectivity index is 1.86. The lowest BCUT2D eigenvalue weighted by atomic mass is 10.1. The van der Waals surface area contributed by atoms with E-state index in [2.05, 4.69) is 33.0 Å². The summed E-state index contributed by atoms with van der Waals surface area (Å²) >= 11 is 3.41. The zero-order chi connectivity index (χ0) is 13.4. The van der Waals surface area contributed by atoms with Gasteiger partial charge in [-0.05, 0) is 59.3 Å². The van der Waals surface area contributed by atoms with Gasteiger partial charge in [0.25, 0.3) is 5.89 Å². The maximum absolute atomic E-state index is 5.77. The summed E-state index contributed by atoms with van der Waals surface area (Å²) in [5.74, 6) is 2.62. The van der Waals surface area contributed by atoms with E-state index in [4.69, 9.17) is 10.3 Å². The van der Waals surface area contributed by atoms with Gasteiger partial charge in [-0.15, -0.1) is 0 Å². The number of hydrogen-bond acceptors (Lipinski definition) is 4. The van der Waals surface area contributed by atoms with E-state index in [0.29, 0.717) is 17.5 Å². The topological polar surface area (TPSA) is 64.9 Å². The van der Waals surface area contributed by atoms with E-state index in [0.717, 1.165) is 34.6 Å². The van der Waals surface area contributed by atoms with Crippen LogP contribution in [0.1, 0.15) is 37.9 Å². The number of benzene rings is 1. The molecule has 19 heavy (non-hydrogen) atoms. The first-order chi connectivity index (χ1) is 9.13. The molecule has 0 saturated heterocycles. The quantitative estimate of drug-likeness (QED) is 0.849. The maximum Gasteiger partial charge on any atom is 0.257 e. The fraction of sp³-hybridized carbons (Fsp3) is 0.429. The van der Waals surface area contributed by atoms with Crippen LogP contribution in [0.25, 0.3) is 11.5 Å². The van der Waals surface area contributed by atoms with E-state index in [-0.39, 0.29) is 0 Å². The molecule has 0 spiro atoms. The van der Waals surface area contributed by atoms with Crippen molar-refractivity contribution in [2.24, 2.45) is 5.92 Å². The van der Waals surface area contributed by atoms with Crippen LogP contribution in [0.4, 0.5) is 5.69 Å². The Morgan fingerprint density at radius 3 is 2.89 bits per heavy atom. The minimum Gasteiger partial charge on any atom is -0.398 e. The van der Waals surface area contributed by atoms with Crippen molar-refractivity contribution in [3.05, 3.63) is 28.5 Å². The minimum absolute atomic E-state index is 0.449. The van der Waals surface area contributed by atoms with Crippen molar-refractivity contribution >= 4 is 21.6 Å². The van der Waals surface area contributed by atoms with Crippen LogP contribution >= 0.6 is 15.9 Å². The van der Waals surface area contributed by atoms with Crippen LogP contribution in [-0.4, -0.2) is 10.1 Å². The van der Waals surface area contributed by atoms with Crippen molar-refractivity contribution in [1.82, 2.24) is 10.1 Å². The second kappa shape index (κ2) is 4.96. The average Bonchev–Trinajstić information content (AvgIpc) is 3.01. The molecule has 1 aliphatic rings. The molecule has 3 rings (SSSR count). The Hall–Kier alpha value is -1.36. The Labute approximate surface area is 120 Å². The van der Waals surface area contributed by atoms with Crippen molar-refractivity contribution in [2.45, 2.75) is 32.1 Å². The van der Waals surface area contributed by atoms with E-state index in [1.165, 1.54) is 6.42 Å². The molecule has 100 valence electrons. The van der Waals surface area contributed by atoms with Crippen LogP contribution in [0.2, 0.25) is 0 Å². The Morgan fingerprint density at radius 1 is 1.37 bits per heavy atom. The molecule has 1 aliphatic carbocycles. The molecule has 2 aromatic rings. The number of nitrogen functional groups attached to an aromatic ring is 1. The maximum atomic E-state index is 5.77. The third-order valence-electron chi connectivity index (χ3n) is 3.75. The first kappa shape index (κ1) is 12.7. The SMILES string of the molecule is CC1CCC(c2noc(-c3ccc(N)c(Br)c3)n2)C1. The molecule has 0 radical (unpaired) electrons. The zero-order valence-electron chi connectivity index (χ0n) is 10.8. The van der Waals surface area contributed by atoms with E-state index in [1.807, 2.05) is 18.2 Å². The van der Waals surface area contributed by atoms with E-state index >= 15 is 0 Å². The predicted molar refractivity (Wildman–Crippen MR) is 77.6 cm³/mol. The zero-order valence-corrected chi connectivity index (χ0v) is 12.4. The molecular weight excluding hydrogens is 306 g/mol. The molecule has 4 nitrogen and oxygen atoms in total. The summed E-state index contributed by atoms with van der Waals surface area (Å²) in [5, 5.41) is 4.13. The highest BCUT2D eigenvalue weighted by atomic mass is 79.9. The van der Waals surface area contributed by atoms with Crippen LogP contribution in [0, 0.1) is 5.92 Å². The second-order valence-electron chi connectivity index (χ2n) is 5.31. The highest BCUT2D eigenvalue weighted by molar-refractivity contribution is 9.10. The average molecular weight is 322 g/mol. The van der Waals surface area contributed by atoms with Crippen LogP contribution in [0.5, 0.6) is 0 Å². The first-order valence-corrected chi connectivity index (χ1v) is 7.32. The summed E-state index contributed by atoms with van der Waals surface area (Å²) in [6, 6.07) is 5.64. The number of nitrogens with zero attached hydrogens (tertiary/aromatic N) is 2. The van der Waals surface area contributed by atoms with Crippen LogP contribution in [0.3, 0.4) is 0 Å². The van der Waals surface area contributed by atoms with Crippen molar-refractivity contribution < 1.29 is 4.52 Å². The van der Waals surface area contributed by atoms with Crippen LogP contribution in [0.15, 0.2) is 27.2 Å². The number of anilines is 1. The molecule has 1 aromatic heterocycles. The van der Waals surface area contributed by atoms with Crippen LogP contribution < -0.4 is 5.73 Å². The second-order valence-corrected chi connectivity index (χ2v) is 6.16. The van der Waals surface area contributed by atoms with Crippen molar-refractivity contribution in [2.75, 3.05) is 5.73 Å². The standard InChI is InChI=1S/C14H16BrN3O/c1-8-2-3-9(6-8)13-17-14(19-18-13)10-4-5-12(16)11(15)7-10/h4-5,7-9H,2-3,6,16H2,1H3. The number of aromatic nitrogens is 2. The van der Waals surface area contributed by atoms with E-state index in [1.54, 1.807) is 0 Å². The third-order valence-corrected chi connectivity index (χ3v) is 4.44. The van der Waals surface area contributed by atoms with E-state index in [9.17, 15) is 0 Å². The predicted octanol–water partition coefficient (Wildman–Crippen LogP) is 3.98.